The lowest BCUT2D eigenvalue weighted by Crippen LogP contribution is -2.02. The summed E-state index contributed by atoms with van der Waals surface area (Å²) < 4.78 is 5.78. The van der Waals surface area contributed by atoms with E-state index >= 15 is 0 Å². The molecule has 0 unspecified atom stereocenters. The summed E-state index contributed by atoms with van der Waals surface area (Å²) in [6.45, 7) is 6.40. The molecule has 0 radical (unpaired) electrons. The van der Waals surface area contributed by atoms with Crippen molar-refractivity contribution in [3.63, 3.8) is 0 Å². The first-order valence-corrected chi connectivity index (χ1v) is 7.67. The van der Waals surface area contributed by atoms with Crippen molar-refractivity contribution in [3.05, 3.63) is 45.4 Å². The molecular formula is C16H19NO3S. The molecule has 0 atom stereocenters. The van der Waals surface area contributed by atoms with Crippen molar-refractivity contribution in [2.45, 2.75) is 39.7 Å². The van der Waals surface area contributed by atoms with Crippen molar-refractivity contribution in [2.24, 2.45) is 0 Å². The van der Waals surface area contributed by atoms with Gasteiger partial charge in [-0.1, -0.05) is 32.0 Å². The Balaban J connectivity index is 2.13. The van der Waals surface area contributed by atoms with Crippen LogP contribution in [0.15, 0.2) is 24.3 Å². The molecular weight excluding hydrogens is 286 g/mol. The van der Waals surface area contributed by atoms with Crippen LogP contribution in [0.1, 0.15) is 40.9 Å². The Hall–Kier alpha value is -1.88. The summed E-state index contributed by atoms with van der Waals surface area (Å²) in [5.74, 6) is 0.216. The number of hydrogen-bond acceptors (Lipinski definition) is 4. The van der Waals surface area contributed by atoms with Gasteiger partial charge in [0.15, 0.2) is 0 Å². The van der Waals surface area contributed by atoms with Gasteiger partial charge in [-0.05, 0) is 24.5 Å². The molecule has 5 heteroatoms. The van der Waals surface area contributed by atoms with Crippen molar-refractivity contribution < 1.29 is 14.6 Å². The number of hydrogen-bond donors (Lipinski definition) is 1. The molecule has 0 bridgehead atoms. The molecule has 4 nitrogen and oxygen atoms in total. The molecule has 1 aromatic carbocycles. The number of aliphatic carboxylic acids is 1. The first-order chi connectivity index (χ1) is 9.97. The maximum Gasteiger partial charge on any atom is 0.308 e. The second kappa shape index (κ2) is 6.72. The molecule has 0 spiro atoms. The number of para-hydroxylation sites is 1. The Kier molecular flexibility index (Phi) is 4.96. The molecule has 112 valence electrons. The summed E-state index contributed by atoms with van der Waals surface area (Å²) in [5, 5.41) is 9.79. The SMILES string of the molecule is Cc1ccccc1OCc1nc(C(C)C)c(CC(=O)O)s1. The van der Waals surface area contributed by atoms with Crippen LogP contribution in [0.4, 0.5) is 0 Å². The van der Waals surface area contributed by atoms with Crippen LogP contribution >= 0.6 is 11.3 Å². The molecule has 0 aliphatic heterocycles. The van der Waals surface area contributed by atoms with Gasteiger partial charge in [-0.2, -0.15) is 0 Å². The Morgan fingerprint density at radius 3 is 2.71 bits per heavy atom. The van der Waals surface area contributed by atoms with Crippen molar-refractivity contribution in [1.29, 1.82) is 0 Å². The van der Waals surface area contributed by atoms with Gasteiger partial charge >= 0.3 is 5.97 Å². The molecule has 0 amide bonds. The number of carboxylic acids is 1. The minimum absolute atomic E-state index is 0.0234. The van der Waals surface area contributed by atoms with Gasteiger partial charge in [-0.3, -0.25) is 4.79 Å². The van der Waals surface area contributed by atoms with E-state index in [4.69, 9.17) is 9.84 Å². The highest BCUT2D eigenvalue weighted by Crippen LogP contribution is 2.27. The van der Waals surface area contributed by atoms with Crippen LogP contribution in [0.25, 0.3) is 0 Å². The Bertz CT molecular complexity index is 634. The number of benzene rings is 1. The van der Waals surface area contributed by atoms with E-state index in [-0.39, 0.29) is 12.3 Å². The van der Waals surface area contributed by atoms with Crippen LogP contribution in [-0.4, -0.2) is 16.1 Å². The zero-order valence-corrected chi connectivity index (χ0v) is 13.2. The van der Waals surface area contributed by atoms with Crippen LogP contribution in [0.5, 0.6) is 5.75 Å². The molecule has 1 aromatic heterocycles. The van der Waals surface area contributed by atoms with Crippen molar-refractivity contribution in [1.82, 2.24) is 4.98 Å². The molecule has 1 heterocycles. The van der Waals surface area contributed by atoms with E-state index in [2.05, 4.69) is 4.98 Å². The number of carboxylic acid groups (broad SMARTS) is 1. The van der Waals surface area contributed by atoms with Crippen LogP contribution < -0.4 is 4.74 Å². The molecule has 21 heavy (non-hydrogen) atoms. The lowest BCUT2D eigenvalue weighted by Gasteiger charge is -2.06. The van der Waals surface area contributed by atoms with Crippen LogP contribution in [-0.2, 0) is 17.8 Å². The Morgan fingerprint density at radius 1 is 1.38 bits per heavy atom. The summed E-state index contributed by atoms with van der Waals surface area (Å²) in [6, 6.07) is 7.81. The number of ether oxygens (including phenoxy) is 1. The van der Waals surface area contributed by atoms with Gasteiger partial charge in [0.2, 0.25) is 0 Å². The fourth-order valence-electron chi connectivity index (χ4n) is 2.05. The van der Waals surface area contributed by atoms with Crippen LogP contribution in [0.2, 0.25) is 0 Å². The highest BCUT2D eigenvalue weighted by Gasteiger charge is 2.17. The summed E-state index contributed by atoms with van der Waals surface area (Å²) in [7, 11) is 0. The average molecular weight is 305 g/mol. The zero-order chi connectivity index (χ0) is 15.4. The van der Waals surface area contributed by atoms with Gasteiger partial charge in [0.05, 0.1) is 12.1 Å². The maximum atomic E-state index is 10.9. The number of thiazole rings is 1. The summed E-state index contributed by atoms with van der Waals surface area (Å²) in [4.78, 5) is 16.3. The van der Waals surface area contributed by atoms with Crippen molar-refractivity contribution in [3.8, 4) is 5.75 Å². The van der Waals surface area contributed by atoms with Crippen molar-refractivity contribution >= 4 is 17.3 Å². The fourth-order valence-corrected chi connectivity index (χ4v) is 3.18. The first-order valence-electron chi connectivity index (χ1n) is 6.86. The average Bonchev–Trinajstić information content (AvgIpc) is 2.80. The standard InChI is InChI=1S/C16H19NO3S/c1-10(2)16-13(8-15(18)19)21-14(17-16)9-20-12-7-5-4-6-11(12)3/h4-7,10H,8-9H2,1-3H3,(H,18,19). The topological polar surface area (TPSA) is 59.4 Å². The number of rotatable bonds is 6. The smallest absolute Gasteiger partial charge is 0.308 e. The maximum absolute atomic E-state index is 10.9. The quantitative estimate of drug-likeness (QED) is 0.882. The van der Waals surface area contributed by atoms with E-state index in [0.29, 0.717) is 6.61 Å². The number of nitrogens with zero attached hydrogens (tertiary/aromatic N) is 1. The fraction of sp³-hybridized carbons (Fsp3) is 0.375. The third kappa shape index (κ3) is 4.04. The van der Waals surface area contributed by atoms with E-state index in [1.165, 1.54) is 11.3 Å². The third-order valence-corrected chi connectivity index (χ3v) is 4.12. The highest BCUT2D eigenvalue weighted by atomic mass is 32.1. The van der Waals surface area contributed by atoms with Gasteiger partial charge in [-0.15, -0.1) is 11.3 Å². The second-order valence-corrected chi connectivity index (χ2v) is 6.36. The van der Waals surface area contributed by atoms with Crippen LogP contribution in [0, 0.1) is 6.92 Å². The summed E-state index contributed by atoms with van der Waals surface area (Å²) in [6.07, 6.45) is 0.0234. The molecule has 1 N–H and O–H groups in total. The minimum atomic E-state index is -0.827. The van der Waals surface area contributed by atoms with E-state index in [1.807, 2.05) is 45.0 Å². The second-order valence-electron chi connectivity index (χ2n) is 5.20. The molecule has 2 rings (SSSR count). The van der Waals surface area contributed by atoms with E-state index in [0.717, 1.165) is 26.9 Å². The van der Waals surface area contributed by atoms with E-state index < -0.39 is 5.97 Å². The molecule has 0 saturated carbocycles. The molecule has 0 saturated heterocycles. The van der Waals surface area contributed by atoms with Gasteiger partial charge in [0, 0.05) is 4.88 Å². The Labute approximate surface area is 128 Å². The molecule has 0 aliphatic carbocycles. The Morgan fingerprint density at radius 2 is 2.10 bits per heavy atom. The van der Waals surface area contributed by atoms with Gasteiger partial charge < -0.3 is 9.84 Å². The minimum Gasteiger partial charge on any atom is -0.486 e. The van der Waals surface area contributed by atoms with Crippen molar-refractivity contribution in [2.75, 3.05) is 0 Å². The summed E-state index contributed by atoms with van der Waals surface area (Å²) in [5.41, 5.74) is 1.94. The van der Waals surface area contributed by atoms with Gasteiger partial charge in [-0.25, -0.2) is 4.98 Å². The predicted octanol–water partition coefficient (Wildman–Crippen LogP) is 3.78. The van der Waals surface area contributed by atoms with Gasteiger partial charge in [0.25, 0.3) is 0 Å². The third-order valence-electron chi connectivity index (χ3n) is 3.08. The van der Waals surface area contributed by atoms with E-state index in [9.17, 15) is 4.79 Å². The lowest BCUT2D eigenvalue weighted by molar-refractivity contribution is -0.136. The summed E-state index contributed by atoms with van der Waals surface area (Å²) >= 11 is 1.42. The number of aryl methyl sites for hydroxylation is 1. The van der Waals surface area contributed by atoms with Crippen LogP contribution in [0.3, 0.4) is 0 Å². The van der Waals surface area contributed by atoms with E-state index in [1.54, 1.807) is 0 Å². The molecule has 0 aliphatic rings. The highest BCUT2D eigenvalue weighted by molar-refractivity contribution is 7.11. The largest absolute Gasteiger partial charge is 0.486 e. The normalized spacial score (nSPS) is 10.9. The van der Waals surface area contributed by atoms with Gasteiger partial charge in [0.1, 0.15) is 17.4 Å². The predicted molar refractivity (Wildman–Crippen MR) is 83.1 cm³/mol. The number of aromatic nitrogens is 1. The number of carbonyl (C=O) groups is 1. The molecule has 0 fully saturated rings. The zero-order valence-electron chi connectivity index (χ0n) is 12.4. The first kappa shape index (κ1) is 15.5. The molecule has 2 aromatic rings. The monoisotopic (exact) mass is 305 g/mol. The lowest BCUT2D eigenvalue weighted by atomic mass is 10.1.